The molecule has 2 aromatic carbocycles. The van der Waals surface area contributed by atoms with Crippen molar-refractivity contribution < 1.29 is 18.7 Å². The lowest BCUT2D eigenvalue weighted by molar-refractivity contribution is 0.0869. The summed E-state index contributed by atoms with van der Waals surface area (Å²) in [5, 5.41) is 17.1. The number of pyridine rings is 1. The normalized spacial score (nSPS) is 13.5. The van der Waals surface area contributed by atoms with Gasteiger partial charge >= 0.3 is 0 Å². The van der Waals surface area contributed by atoms with Gasteiger partial charge in [0.25, 0.3) is 5.91 Å². The summed E-state index contributed by atoms with van der Waals surface area (Å²) in [6.45, 7) is 0. The molecule has 0 fully saturated rings. The summed E-state index contributed by atoms with van der Waals surface area (Å²) in [6, 6.07) is 12.1. The third-order valence-corrected chi connectivity index (χ3v) is 5.94. The van der Waals surface area contributed by atoms with Crippen LogP contribution in [0, 0.1) is 11.6 Å². The van der Waals surface area contributed by atoms with Crippen molar-refractivity contribution in [3.05, 3.63) is 82.5 Å². The number of nitrogens with zero attached hydrogens (tertiary/aromatic N) is 3. The van der Waals surface area contributed by atoms with E-state index in [2.05, 4.69) is 15.4 Å². The smallest absolute Gasteiger partial charge is 0.256 e. The predicted molar refractivity (Wildman–Crippen MR) is 139 cm³/mol. The molecule has 2 aromatic heterocycles. The number of halogens is 3. The molecule has 0 aliphatic heterocycles. The molecule has 0 saturated heterocycles. The Bertz CT molecular complexity index is 1430. The molecule has 0 bridgehead atoms. The number of nitrogen functional groups attached to an aromatic ring is 1. The number of carbonyl (C=O) groups excluding carboxylic acids is 1. The summed E-state index contributed by atoms with van der Waals surface area (Å²) >= 11 is 5.92. The Labute approximate surface area is 207 Å². The minimum Gasteiger partial charge on any atom is -0.394 e. The van der Waals surface area contributed by atoms with E-state index < -0.39 is 33.9 Å². The van der Waals surface area contributed by atoms with Crippen LogP contribution in [0.3, 0.4) is 0 Å². The second-order valence-corrected chi connectivity index (χ2v) is 9.70. The van der Waals surface area contributed by atoms with Crippen LogP contribution in [0.15, 0.2) is 54.7 Å². The van der Waals surface area contributed by atoms with Gasteiger partial charge in [-0.3, -0.25) is 4.79 Å². The third kappa shape index (κ3) is 5.18. The van der Waals surface area contributed by atoms with E-state index in [4.69, 9.17) is 17.3 Å². The number of nitrogens with two attached hydrogens (primary N) is 1. The van der Waals surface area contributed by atoms with E-state index >= 15 is 4.39 Å². The molecule has 0 radical (unpaired) electrons. The third-order valence-electron chi connectivity index (χ3n) is 5.69. The summed E-state index contributed by atoms with van der Waals surface area (Å²) < 4.78 is 31.5. The molecule has 1 amide bonds. The molecule has 2 heterocycles. The number of amides is 1. The van der Waals surface area contributed by atoms with Gasteiger partial charge in [0.05, 0.1) is 5.50 Å². The van der Waals surface area contributed by atoms with Crippen LogP contribution >= 0.6 is 11.6 Å². The van der Waals surface area contributed by atoms with Gasteiger partial charge < -0.3 is 16.2 Å². The molecule has 0 aliphatic carbocycles. The monoisotopic (exact) mass is 493 g/mol. The van der Waals surface area contributed by atoms with Crippen LogP contribution < -0.4 is 11.1 Å². The number of hydrogen-bond acceptors (Lipinski definition) is 5. The molecule has 0 spiro atoms. The topological polar surface area (TPSA) is 106 Å². The van der Waals surface area contributed by atoms with E-state index in [9.17, 15) is 14.3 Å². The van der Waals surface area contributed by atoms with Crippen molar-refractivity contribution in [2.75, 3.05) is 5.73 Å². The Morgan fingerprint density at radius 2 is 1.83 bits per heavy atom. The summed E-state index contributed by atoms with van der Waals surface area (Å²) in [5.74, 6) is -2.90. The number of benzene rings is 2. The number of nitrogens with one attached hydrogen (secondary N) is 1. The first-order chi connectivity index (χ1) is 16.4. The molecular weight excluding hydrogens is 472 g/mol. The summed E-state index contributed by atoms with van der Waals surface area (Å²) in [6.07, 6.45) is 1.61. The highest BCUT2D eigenvalue weighted by atomic mass is 35.5. The quantitative estimate of drug-likeness (QED) is 0.338. The maximum atomic E-state index is 15.5. The van der Waals surface area contributed by atoms with Crippen LogP contribution in [0.25, 0.3) is 16.8 Å². The van der Waals surface area contributed by atoms with Crippen LogP contribution in [-0.4, -0.2) is 54.5 Å². The minimum absolute atomic E-state index is 0.0200. The van der Waals surface area contributed by atoms with Gasteiger partial charge in [0.15, 0.2) is 5.65 Å². The average Bonchev–Trinajstić information content (AvgIpc) is 3.12. The Morgan fingerprint density at radius 1 is 1.14 bits per heavy atom. The first-order valence-electron chi connectivity index (χ1n) is 10.8. The van der Waals surface area contributed by atoms with Gasteiger partial charge in [-0.25, -0.2) is 13.3 Å². The Balaban J connectivity index is 1.61. The summed E-state index contributed by atoms with van der Waals surface area (Å²) in [7, 11) is 4.93. The number of carbonyl (C=O) groups is 1. The lowest BCUT2D eigenvalue weighted by atomic mass is 9.53. The Morgan fingerprint density at radius 3 is 2.51 bits per heavy atom. The molecule has 7 nitrogen and oxygen atoms in total. The number of rotatable bonds is 6. The Kier molecular flexibility index (Phi) is 6.37. The number of hydrogen-bond donors (Lipinski definition) is 3. The molecule has 4 rings (SSSR count). The van der Waals surface area contributed by atoms with E-state index in [0.717, 1.165) is 6.07 Å². The number of aliphatic hydroxyl groups is 1. The largest absolute Gasteiger partial charge is 0.394 e. The fourth-order valence-corrected chi connectivity index (χ4v) is 4.36. The highest BCUT2D eigenvalue weighted by Crippen LogP contribution is 2.29. The molecule has 1 atom stereocenters. The second-order valence-electron chi connectivity index (χ2n) is 9.27. The van der Waals surface area contributed by atoms with E-state index in [1.165, 1.54) is 16.6 Å². The molecule has 4 aromatic rings. The zero-order chi connectivity index (χ0) is 25.5. The van der Waals surface area contributed by atoms with E-state index in [1.807, 2.05) is 0 Å². The molecular formula is C22H21B3ClF2N5O2. The fourth-order valence-electron chi connectivity index (χ4n) is 4.24. The molecule has 13 heteroatoms. The highest BCUT2D eigenvalue weighted by molar-refractivity contribution is 6.41. The van der Waals surface area contributed by atoms with Gasteiger partial charge in [-0.15, -0.1) is 5.10 Å². The minimum atomic E-state index is -1.34. The SMILES string of the molecule is BC(B)(CC(B)(O)c1ccc(Cl)cc1)NC(=O)c1c(F)ccc(-c2ccn3nc(N)nc3c2)c1F. The van der Waals surface area contributed by atoms with E-state index in [-0.39, 0.29) is 17.9 Å². The van der Waals surface area contributed by atoms with Gasteiger partial charge in [-0.1, -0.05) is 23.7 Å². The molecule has 1 unspecified atom stereocenters. The molecule has 4 N–H and O–H groups in total. The van der Waals surface area contributed by atoms with Crippen LogP contribution in [0.4, 0.5) is 14.7 Å². The lowest BCUT2D eigenvalue weighted by Crippen LogP contribution is -2.54. The highest BCUT2D eigenvalue weighted by Gasteiger charge is 2.34. The maximum Gasteiger partial charge on any atom is 0.256 e. The molecule has 0 saturated carbocycles. The van der Waals surface area contributed by atoms with Crippen LogP contribution in [-0.2, 0) is 5.50 Å². The summed E-state index contributed by atoms with van der Waals surface area (Å²) in [4.78, 5) is 17.1. The van der Waals surface area contributed by atoms with E-state index in [0.29, 0.717) is 21.8 Å². The summed E-state index contributed by atoms with van der Waals surface area (Å²) in [5.41, 5.74) is 4.90. The molecule has 176 valence electrons. The van der Waals surface area contributed by atoms with E-state index in [1.54, 1.807) is 60.1 Å². The maximum absolute atomic E-state index is 15.5. The van der Waals surface area contributed by atoms with Crippen molar-refractivity contribution in [2.24, 2.45) is 0 Å². The standard InChI is InChI=1S/C22H21B3ClF2N5O2/c23-21(35,12-1-3-13(26)4-2-12)10-22(24,25)31-19(34)17-15(27)6-5-14(18(17)28)11-7-8-33-16(9-11)30-20(29)32-33/h1-9,35H,10,23-25H2,(H2,29,32)(H,31,34). The Hall–Kier alpha value is -3.37. The molecule has 35 heavy (non-hydrogen) atoms. The van der Waals surface area contributed by atoms with Gasteiger partial charge in [0, 0.05) is 16.8 Å². The first kappa shape index (κ1) is 24.7. The van der Waals surface area contributed by atoms with Crippen molar-refractivity contribution in [3.8, 4) is 11.1 Å². The number of anilines is 1. The average molecular weight is 493 g/mol. The van der Waals surface area contributed by atoms with Crippen molar-refractivity contribution in [1.29, 1.82) is 0 Å². The first-order valence-corrected chi connectivity index (χ1v) is 11.2. The zero-order valence-electron chi connectivity index (χ0n) is 19.3. The van der Waals surface area contributed by atoms with Gasteiger partial charge in [0.2, 0.25) is 5.95 Å². The van der Waals surface area contributed by atoms with Crippen molar-refractivity contribution in [3.63, 3.8) is 0 Å². The fraction of sp³-hybridized carbons (Fsp3) is 0.136. The van der Waals surface area contributed by atoms with Crippen LogP contribution in [0.5, 0.6) is 0 Å². The zero-order valence-corrected chi connectivity index (χ0v) is 20.1. The molecule has 0 aliphatic rings. The van der Waals surface area contributed by atoms with Gasteiger partial charge in [-0.05, 0) is 59.3 Å². The van der Waals surface area contributed by atoms with Crippen molar-refractivity contribution in [1.82, 2.24) is 19.9 Å². The number of fused-ring (bicyclic) bond motifs is 1. The lowest BCUT2D eigenvalue weighted by Gasteiger charge is -2.35. The van der Waals surface area contributed by atoms with Gasteiger partial charge in [0.1, 0.15) is 40.7 Å². The second kappa shape index (κ2) is 9.01. The van der Waals surface area contributed by atoms with Gasteiger partial charge in [-0.2, -0.15) is 4.98 Å². The predicted octanol–water partition coefficient (Wildman–Crippen LogP) is 0.428. The van der Waals surface area contributed by atoms with Crippen LogP contribution in [0.1, 0.15) is 22.3 Å². The van der Waals surface area contributed by atoms with Crippen LogP contribution in [0.2, 0.25) is 5.02 Å². The van der Waals surface area contributed by atoms with Crippen molar-refractivity contribution >= 4 is 52.6 Å². The van der Waals surface area contributed by atoms with Crippen molar-refractivity contribution in [2.45, 2.75) is 17.3 Å². The number of aromatic nitrogens is 3.